The SMILES string of the molecule is CCN(CC)[C@@H](CNC(=O)c1ccc(OCc2cscn2)c(OC)c1)c1cccc(OC)c1. The fourth-order valence-electron chi connectivity index (χ4n) is 3.65. The van der Waals surface area contributed by atoms with Gasteiger partial charge in [-0.05, 0) is 49.0 Å². The Hall–Kier alpha value is -3.10. The van der Waals surface area contributed by atoms with Gasteiger partial charge in [0.05, 0.1) is 31.5 Å². The van der Waals surface area contributed by atoms with Crippen LogP contribution in [0.25, 0.3) is 0 Å². The maximum absolute atomic E-state index is 13.0. The van der Waals surface area contributed by atoms with Crippen molar-refractivity contribution < 1.29 is 19.0 Å². The van der Waals surface area contributed by atoms with E-state index in [1.165, 1.54) is 11.3 Å². The number of rotatable bonds is 12. The van der Waals surface area contributed by atoms with Crippen LogP contribution in [0.3, 0.4) is 0 Å². The summed E-state index contributed by atoms with van der Waals surface area (Å²) in [5, 5.41) is 5.02. The number of nitrogens with one attached hydrogen (secondary N) is 1. The molecular formula is C25H31N3O4S. The van der Waals surface area contributed by atoms with Gasteiger partial charge < -0.3 is 19.5 Å². The topological polar surface area (TPSA) is 72.9 Å². The Kier molecular flexibility index (Phi) is 9.09. The van der Waals surface area contributed by atoms with Crippen molar-refractivity contribution in [2.24, 2.45) is 0 Å². The van der Waals surface area contributed by atoms with Crippen LogP contribution in [0.4, 0.5) is 0 Å². The molecule has 0 bridgehead atoms. The van der Waals surface area contributed by atoms with Crippen molar-refractivity contribution in [1.29, 1.82) is 0 Å². The summed E-state index contributed by atoms with van der Waals surface area (Å²) >= 11 is 1.52. The molecule has 0 aliphatic carbocycles. The van der Waals surface area contributed by atoms with Gasteiger partial charge in [-0.2, -0.15) is 0 Å². The number of nitrogens with zero attached hydrogens (tertiary/aromatic N) is 2. The summed E-state index contributed by atoms with van der Waals surface area (Å²) in [5.41, 5.74) is 4.22. The minimum atomic E-state index is -0.167. The van der Waals surface area contributed by atoms with Crippen molar-refractivity contribution in [3.05, 3.63) is 70.2 Å². The van der Waals surface area contributed by atoms with Crippen molar-refractivity contribution in [1.82, 2.24) is 15.2 Å². The second-order valence-electron chi connectivity index (χ2n) is 7.36. The van der Waals surface area contributed by atoms with E-state index in [9.17, 15) is 4.79 Å². The Labute approximate surface area is 199 Å². The zero-order chi connectivity index (χ0) is 23.6. The molecule has 0 unspecified atom stereocenters. The Balaban J connectivity index is 1.71. The number of amides is 1. The zero-order valence-electron chi connectivity index (χ0n) is 19.5. The molecule has 1 aromatic heterocycles. The van der Waals surface area contributed by atoms with Crippen LogP contribution >= 0.6 is 11.3 Å². The van der Waals surface area contributed by atoms with Gasteiger partial charge in [0.1, 0.15) is 12.4 Å². The van der Waals surface area contributed by atoms with Gasteiger partial charge in [0.25, 0.3) is 5.91 Å². The molecule has 0 saturated heterocycles. The second-order valence-corrected chi connectivity index (χ2v) is 8.08. The van der Waals surface area contributed by atoms with Crippen molar-refractivity contribution in [2.45, 2.75) is 26.5 Å². The van der Waals surface area contributed by atoms with Crippen LogP contribution in [-0.2, 0) is 6.61 Å². The predicted molar refractivity (Wildman–Crippen MR) is 130 cm³/mol. The fourth-order valence-corrected chi connectivity index (χ4v) is 4.19. The van der Waals surface area contributed by atoms with Crippen LogP contribution in [0, 0.1) is 0 Å². The number of carbonyl (C=O) groups is 1. The number of methoxy groups -OCH3 is 2. The van der Waals surface area contributed by atoms with E-state index in [1.807, 2.05) is 23.6 Å². The third-order valence-electron chi connectivity index (χ3n) is 5.47. The number of likely N-dealkylation sites (N-methyl/N-ethyl adjacent to an activating group) is 1. The standard InChI is InChI=1S/C25H31N3O4S/c1-5-28(6-2)22(18-8-7-9-21(12-18)30-3)14-26-25(29)19-10-11-23(24(13-19)31-4)32-15-20-16-33-17-27-20/h7-13,16-17,22H,5-6,14-15H2,1-4H3,(H,26,29)/t22-/m0/s1. The summed E-state index contributed by atoms with van der Waals surface area (Å²) in [6.45, 7) is 6.79. The molecule has 0 fully saturated rings. The quantitative estimate of drug-likeness (QED) is 0.420. The summed E-state index contributed by atoms with van der Waals surface area (Å²) in [4.78, 5) is 19.5. The molecule has 1 N–H and O–H groups in total. The summed E-state index contributed by atoms with van der Waals surface area (Å²) in [5.74, 6) is 1.71. The molecule has 0 spiro atoms. The fraction of sp³-hybridized carbons (Fsp3) is 0.360. The molecule has 0 saturated carbocycles. The van der Waals surface area contributed by atoms with E-state index in [2.05, 4.69) is 35.1 Å². The molecular weight excluding hydrogens is 438 g/mol. The lowest BCUT2D eigenvalue weighted by molar-refractivity contribution is 0.0934. The number of benzene rings is 2. The summed E-state index contributed by atoms with van der Waals surface area (Å²) in [7, 11) is 3.22. The first-order valence-electron chi connectivity index (χ1n) is 10.9. The first-order valence-corrected chi connectivity index (χ1v) is 11.9. The van der Waals surface area contributed by atoms with E-state index in [-0.39, 0.29) is 11.9 Å². The lowest BCUT2D eigenvalue weighted by atomic mass is 10.0. The summed E-state index contributed by atoms with van der Waals surface area (Å²) < 4.78 is 16.7. The van der Waals surface area contributed by atoms with Gasteiger partial charge >= 0.3 is 0 Å². The van der Waals surface area contributed by atoms with Gasteiger partial charge in [-0.1, -0.05) is 26.0 Å². The van der Waals surface area contributed by atoms with E-state index < -0.39 is 0 Å². The lowest BCUT2D eigenvalue weighted by Crippen LogP contribution is -2.38. The maximum atomic E-state index is 13.0. The van der Waals surface area contributed by atoms with Crippen LogP contribution < -0.4 is 19.5 Å². The van der Waals surface area contributed by atoms with Gasteiger partial charge in [-0.25, -0.2) is 4.98 Å². The molecule has 2 aromatic carbocycles. The average molecular weight is 470 g/mol. The van der Waals surface area contributed by atoms with Gasteiger partial charge in [0, 0.05) is 17.5 Å². The first kappa shape index (κ1) is 24.5. The predicted octanol–water partition coefficient (Wildman–Crippen LogP) is 4.55. The second kappa shape index (κ2) is 12.2. The van der Waals surface area contributed by atoms with Crippen LogP contribution in [0.1, 0.15) is 41.5 Å². The number of aromatic nitrogens is 1. The minimum Gasteiger partial charge on any atom is -0.497 e. The third kappa shape index (κ3) is 6.46. The molecule has 8 heteroatoms. The summed E-state index contributed by atoms with van der Waals surface area (Å²) in [6.07, 6.45) is 0. The molecule has 33 heavy (non-hydrogen) atoms. The van der Waals surface area contributed by atoms with Crippen LogP contribution in [0.5, 0.6) is 17.2 Å². The Morgan fingerprint density at radius 2 is 1.91 bits per heavy atom. The van der Waals surface area contributed by atoms with Crippen LogP contribution in [0.15, 0.2) is 53.4 Å². The largest absolute Gasteiger partial charge is 0.497 e. The van der Waals surface area contributed by atoms with Gasteiger partial charge in [0.2, 0.25) is 0 Å². The summed E-state index contributed by atoms with van der Waals surface area (Å²) in [6, 6.07) is 13.2. The highest BCUT2D eigenvalue weighted by Crippen LogP contribution is 2.29. The lowest BCUT2D eigenvalue weighted by Gasteiger charge is -2.30. The molecule has 3 aromatic rings. The molecule has 0 aliphatic heterocycles. The van der Waals surface area contributed by atoms with Crippen LogP contribution in [-0.4, -0.2) is 49.6 Å². The van der Waals surface area contributed by atoms with E-state index in [0.29, 0.717) is 30.2 Å². The Bertz CT molecular complexity index is 1020. The first-order chi connectivity index (χ1) is 16.1. The van der Waals surface area contributed by atoms with Gasteiger partial charge in [-0.3, -0.25) is 9.69 Å². The highest BCUT2D eigenvalue weighted by Gasteiger charge is 2.20. The normalized spacial score (nSPS) is 11.8. The molecule has 3 rings (SSSR count). The average Bonchev–Trinajstić information content (AvgIpc) is 3.38. The van der Waals surface area contributed by atoms with Crippen molar-refractivity contribution in [3.8, 4) is 17.2 Å². The van der Waals surface area contributed by atoms with E-state index in [1.54, 1.807) is 37.9 Å². The molecule has 0 aliphatic rings. The van der Waals surface area contributed by atoms with Crippen molar-refractivity contribution in [2.75, 3.05) is 33.9 Å². The van der Waals surface area contributed by atoms with E-state index in [4.69, 9.17) is 14.2 Å². The third-order valence-corrected chi connectivity index (χ3v) is 6.11. The number of carbonyl (C=O) groups excluding carboxylic acids is 1. The molecule has 7 nitrogen and oxygen atoms in total. The number of ether oxygens (including phenoxy) is 3. The molecule has 176 valence electrons. The molecule has 0 radical (unpaired) electrons. The smallest absolute Gasteiger partial charge is 0.251 e. The highest BCUT2D eigenvalue weighted by molar-refractivity contribution is 7.07. The maximum Gasteiger partial charge on any atom is 0.251 e. The molecule has 1 atom stereocenters. The molecule has 1 heterocycles. The Morgan fingerprint density at radius 3 is 2.58 bits per heavy atom. The Morgan fingerprint density at radius 1 is 1.09 bits per heavy atom. The monoisotopic (exact) mass is 469 g/mol. The highest BCUT2D eigenvalue weighted by atomic mass is 32.1. The van der Waals surface area contributed by atoms with Crippen molar-refractivity contribution in [3.63, 3.8) is 0 Å². The number of hydrogen-bond donors (Lipinski definition) is 1. The minimum absolute atomic E-state index is 0.0293. The van der Waals surface area contributed by atoms with Gasteiger partial charge in [0.15, 0.2) is 11.5 Å². The van der Waals surface area contributed by atoms with Crippen LogP contribution in [0.2, 0.25) is 0 Å². The zero-order valence-corrected chi connectivity index (χ0v) is 20.4. The van der Waals surface area contributed by atoms with Crippen molar-refractivity contribution >= 4 is 17.2 Å². The molecule has 1 amide bonds. The number of hydrogen-bond acceptors (Lipinski definition) is 7. The number of thiazole rings is 1. The van der Waals surface area contributed by atoms with E-state index in [0.717, 1.165) is 30.1 Å². The van der Waals surface area contributed by atoms with Gasteiger partial charge in [-0.15, -0.1) is 11.3 Å². The van der Waals surface area contributed by atoms with E-state index >= 15 is 0 Å².